The molecule has 0 amide bonds. The summed E-state index contributed by atoms with van der Waals surface area (Å²) < 4.78 is 39.5. The summed E-state index contributed by atoms with van der Waals surface area (Å²) in [4.78, 5) is 2.22. The van der Waals surface area contributed by atoms with Crippen molar-refractivity contribution in [2.45, 2.75) is 18.0 Å². The normalized spacial score (nSPS) is 14.7. The molecule has 0 radical (unpaired) electrons. The predicted molar refractivity (Wildman–Crippen MR) is 114 cm³/mol. The highest BCUT2D eigenvalue weighted by Gasteiger charge is 2.24. The van der Waals surface area contributed by atoms with E-state index < -0.39 is 10.0 Å². The van der Waals surface area contributed by atoms with Crippen molar-refractivity contribution in [2.24, 2.45) is 7.05 Å². The minimum Gasteiger partial charge on any atom is -0.494 e. The van der Waals surface area contributed by atoms with Crippen LogP contribution in [0.4, 0.5) is 5.69 Å². The summed E-state index contributed by atoms with van der Waals surface area (Å²) in [6.45, 7) is 2.42. The molecule has 5 rings (SSSR count). The van der Waals surface area contributed by atoms with Gasteiger partial charge in [0.2, 0.25) is 0 Å². The zero-order chi connectivity index (χ0) is 21.8. The number of sulfonamides is 1. The Morgan fingerprint density at radius 3 is 2.71 bits per heavy atom. The number of ether oxygens (including phenoxy) is 1. The fraction of sp³-hybridized carbons (Fsp3) is 0.316. The lowest BCUT2D eigenvalue weighted by Gasteiger charge is -2.24. The van der Waals surface area contributed by atoms with E-state index in [0.29, 0.717) is 17.0 Å². The molecule has 1 N–H and O–H groups in total. The first-order valence-electron chi connectivity index (χ1n) is 9.67. The van der Waals surface area contributed by atoms with Gasteiger partial charge in [-0.05, 0) is 19.2 Å². The Morgan fingerprint density at radius 2 is 1.90 bits per heavy atom. The molecular weight excluding hydrogens is 420 g/mol. The number of aryl methyl sites for hydroxylation is 1. The summed E-state index contributed by atoms with van der Waals surface area (Å²) in [5.41, 5.74) is 2.72. The van der Waals surface area contributed by atoms with Gasteiger partial charge in [-0.3, -0.25) is 19.0 Å². The maximum absolute atomic E-state index is 13.2. The summed E-state index contributed by atoms with van der Waals surface area (Å²) >= 11 is 0. The van der Waals surface area contributed by atoms with Gasteiger partial charge in [0.1, 0.15) is 22.0 Å². The number of likely N-dealkylation sites (N-methyl/N-ethyl adjacent to an activating group) is 1. The van der Waals surface area contributed by atoms with Crippen LogP contribution in [0.3, 0.4) is 0 Å². The minimum atomic E-state index is -3.93. The zero-order valence-corrected chi connectivity index (χ0v) is 18.2. The van der Waals surface area contributed by atoms with Crippen molar-refractivity contribution in [2.75, 3.05) is 25.4 Å². The summed E-state index contributed by atoms with van der Waals surface area (Å²) in [5, 5.41) is 13.7. The van der Waals surface area contributed by atoms with Crippen LogP contribution in [0, 0.1) is 0 Å². The Balaban J connectivity index is 1.52. The minimum absolute atomic E-state index is 0.0397. The molecule has 4 heterocycles. The van der Waals surface area contributed by atoms with E-state index in [-0.39, 0.29) is 4.90 Å². The lowest BCUT2D eigenvalue weighted by Crippen LogP contribution is -2.31. The SMILES string of the molecule is COc1ccc2cnn(C)c2c1NS(=O)(=O)c1cnn(-c2cnn3c2CN(C)CC3)c1. The standard InChI is InChI=1S/C19H22N8O3S/c1-24-6-7-26-16(12-24)15(10-22-26)27-11-14(9-21-27)31(28,29)23-18-17(30-3)5-4-13-8-20-25(2)19(13)18/h4-5,8-11,23H,6-7,12H2,1-3H3. The summed E-state index contributed by atoms with van der Waals surface area (Å²) in [6.07, 6.45) is 6.20. The number of hydrogen-bond acceptors (Lipinski definition) is 7. The van der Waals surface area contributed by atoms with Crippen molar-refractivity contribution < 1.29 is 13.2 Å². The van der Waals surface area contributed by atoms with Crippen molar-refractivity contribution in [3.63, 3.8) is 0 Å². The largest absolute Gasteiger partial charge is 0.494 e. The molecule has 31 heavy (non-hydrogen) atoms. The Kier molecular flexibility index (Phi) is 4.48. The molecule has 1 aliphatic rings. The Labute approximate surface area is 178 Å². The second-order valence-corrected chi connectivity index (χ2v) is 9.19. The molecule has 1 aliphatic heterocycles. The smallest absolute Gasteiger partial charge is 0.265 e. The highest BCUT2D eigenvalue weighted by molar-refractivity contribution is 7.92. The molecule has 0 atom stereocenters. The molecule has 0 saturated carbocycles. The lowest BCUT2D eigenvalue weighted by molar-refractivity contribution is 0.258. The number of benzene rings is 1. The number of fused-ring (bicyclic) bond motifs is 2. The third-order valence-corrected chi connectivity index (χ3v) is 6.78. The number of methoxy groups -OCH3 is 1. The van der Waals surface area contributed by atoms with E-state index in [1.807, 2.05) is 17.8 Å². The van der Waals surface area contributed by atoms with E-state index in [0.717, 1.165) is 36.4 Å². The average Bonchev–Trinajstić information content (AvgIpc) is 3.46. The van der Waals surface area contributed by atoms with Gasteiger partial charge in [0.05, 0.1) is 49.7 Å². The quantitative estimate of drug-likeness (QED) is 0.494. The molecule has 4 aromatic rings. The van der Waals surface area contributed by atoms with E-state index in [2.05, 4.69) is 24.9 Å². The van der Waals surface area contributed by atoms with E-state index in [1.54, 1.807) is 34.9 Å². The van der Waals surface area contributed by atoms with E-state index in [9.17, 15) is 8.42 Å². The van der Waals surface area contributed by atoms with Crippen LogP contribution in [0.1, 0.15) is 5.69 Å². The first kappa shape index (κ1) is 19.6. The van der Waals surface area contributed by atoms with Gasteiger partial charge in [-0.25, -0.2) is 13.1 Å². The maximum atomic E-state index is 13.2. The van der Waals surface area contributed by atoms with Gasteiger partial charge in [-0.2, -0.15) is 15.3 Å². The second kappa shape index (κ2) is 7.10. The summed E-state index contributed by atoms with van der Waals surface area (Å²) in [7, 11) is 1.35. The van der Waals surface area contributed by atoms with Crippen LogP contribution in [-0.2, 0) is 30.2 Å². The van der Waals surface area contributed by atoms with Crippen molar-refractivity contribution in [3.8, 4) is 11.4 Å². The zero-order valence-electron chi connectivity index (χ0n) is 17.3. The molecular formula is C19H22N8O3S. The van der Waals surface area contributed by atoms with Gasteiger partial charge in [-0.15, -0.1) is 0 Å². The van der Waals surface area contributed by atoms with Crippen molar-refractivity contribution in [1.82, 2.24) is 34.2 Å². The molecule has 162 valence electrons. The Bertz CT molecular complexity index is 1380. The average molecular weight is 443 g/mol. The van der Waals surface area contributed by atoms with Gasteiger partial charge >= 0.3 is 0 Å². The van der Waals surface area contributed by atoms with E-state index in [4.69, 9.17) is 4.74 Å². The highest BCUT2D eigenvalue weighted by atomic mass is 32.2. The molecule has 0 unspecified atom stereocenters. The molecule has 3 aromatic heterocycles. The number of rotatable bonds is 5. The van der Waals surface area contributed by atoms with Crippen LogP contribution < -0.4 is 9.46 Å². The molecule has 0 saturated heterocycles. The van der Waals surface area contributed by atoms with Crippen LogP contribution in [0.15, 0.2) is 41.8 Å². The number of anilines is 1. The topological polar surface area (TPSA) is 112 Å². The van der Waals surface area contributed by atoms with Crippen LogP contribution in [-0.4, -0.2) is 63.4 Å². The fourth-order valence-electron chi connectivity index (χ4n) is 3.83. The molecule has 11 nitrogen and oxygen atoms in total. The summed E-state index contributed by atoms with van der Waals surface area (Å²) in [5.74, 6) is 0.404. The summed E-state index contributed by atoms with van der Waals surface area (Å²) in [6, 6.07) is 3.54. The van der Waals surface area contributed by atoms with Crippen molar-refractivity contribution in [1.29, 1.82) is 0 Å². The number of nitrogens with zero attached hydrogens (tertiary/aromatic N) is 7. The van der Waals surface area contributed by atoms with Crippen molar-refractivity contribution >= 4 is 26.6 Å². The van der Waals surface area contributed by atoms with E-state index in [1.165, 1.54) is 19.5 Å². The van der Waals surface area contributed by atoms with Crippen LogP contribution in [0.5, 0.6) is 5.75 Å². The van der Waals surface area contributed by atoms with Gasteiger partial charge in [0.15, 0.2) is 0 Å². The van der Waals surface area contributed by atoms with Gasteiger partial charge in [-0.1, -0.05) is 0 Å². The molecule has 12 heteroatoms. The second-order valence-electron chi connectivity index (χ2n) is 7.51. The molecule has 0 aliphatic carbocycles. The van der Waals surface area contributed by atoms with Gasteiger partial charge < -0.3 is 4.74 Å². The van der Waals surface area contributed by atoms with Crippen molar-refractivity contribution in [3.05, 3.63) is 42.6 Å². The molecule has 0 fully saturated rings. The fourth-order valence-corrected chi connectivity index (χ4v) is 4.84. The Hall–Kier alpha value is -3.38. The third kappa shape index (κ3) is 3.24. The number of nitrogens with one attached hydrogen (secondary N) is 1. The van der Waals surface area contributed by atoms with Crippen LogP contribution in [0.2, 0.25) is 0 Å². The first-order chi connectivity index (χ1) is 14.9. The number of aromatic nitrogens is 6. The van der Waals surface area contributed by atoms with Crippen LogP contribution >= 0.6 is 0 Å². The molecule has 0 bridgehead atoms. The molecule has 0 spiro atoms. The number of hydrogen-bond donors (Lipinski definition) is 1. The monoisotopic (exact) mass is 442 g/mol. The van der Waals surface area contributed by atoms with Crippen LogP contribution in [0.25, 0.3) is 16.6 Å². The lowest BCUT2D eigenvalue weighted by atomic mass is 10.2. The van der Waals surface area contributed by atoms with E-state index >= 15 is 0 Å². The Morgan fingerprint density at radius 1 is 1.06 bits per heavy atom. The van der Waals surface area contributed by atoms with Gasteiger partial charge in [0, 0.05) is 25.5 Å². The maximum Gasteiger partial charge on any atom is 0.265 e. The highest BCUT2D eigenvalue weighted by Crippen LogP contribution is 2.34. The predicted octanol–water partition coefficient (Wildman–Crippen LogP) is 1.21. The first-order valence-corrected chi connectivity index (χ1v) is 11.2. The molecule has 1 aromatic carbocycles. The van der Waals surface area contributed by atoms with Gasteiger partial charge in [0.25, 0.3) is 10.0 Å². The third-order valence-electron chi connectivity index (χ3n) is 5.48.